The first kappa shape index (κ1) is 13.6. The third kappa shape index (κ3) is 3.35. The molecule has 0 amide bonds. The number of rotatable bonds is 4. The average Bonchev–Trinajstić information content (AvgIpc) is 2.39. The van der Waals surface area contributed by atoms with Gasteiger partial charge in [-0.3, -0.25) is 9.36 Å². The SMILES string of the molecule is Cc1ncn(CCOc2cccc(N)c2)c(=O)c1Br. The number of nitrogen functional groups attached to an aromatic ring is 1. The maximum absolute atomic E-state index is 11.9. The molecule has 0 saturated carbocycles. The van der Waals surface area contributed by atoms with Gasteiger partial charge in [-0.1, -0.05) is 6.07 Å². The van der Waals surface area contributed by atoms with E-state index in [-0.39, 0.29) is 5.56 Å². The van der Waals surface area contributed by atoms with Crippen LogP contribution in [0.4, 0.5) is 5.69 Å². The topological polar surface area (TPSA) is 70.1 Å². The lowest BCUT2D eigenvalue weighted by atomic mass is 10.3. The largest absolute Gasteiger partial charge is 0.492 e. The Morgan fingerprint density at radius 1 is 1.47 bits per heavy atom. The van der Waals surface area contributed by atoms with E-state index in [1.165, 1.54) is 10.9 Å². The summed E-state index contributed by atoms with van der Waals surface area (Å²) in [6.45, 7) is 2.58. The van der Waals surface area contributed by atoms with E-state index in [2.05, 4.69) is 20.9 Å². The van der Waals surface area contributed by atoms with Crippen molar-refractivity contribution in [3.05, 3.63) is 51.1 Å². The first-order chi connectivity index (χ1) is 9.08. The third-order valence-corrected chi connectivity index (χ3v) is 3.53. The molecule has 1 aromatic carbocycles. The molecule has 0 aliphatic carbocycles. The molecule has 0 atom stereocenters. The Bertz CT molecular complexity index is 640. The van der Waals surface area contributed by atoms with E-state index in [9.17, 15) is 4.79 Å². The molecule has 2 rings (SSSR count). The molecule has 0 unspecified atom stereocenters. The van der Waals surface area contributed by atoms with Crippen molar-refractivity contribution >= 4 is 21.6 Å². The number of benzene rings is 1. The summed E-state index contributed by atoms with van der Waals surface area (Å²) in [5, 5.41) is 0. The molecule has 0 bridgehead atoms. The molecular formula is C13H14BrN3O2. The Morgan fingerprint density at radius 2 is 2.26 bits per heavy atom. The molecule has 6 heteroatoms. The molecule has 19 heavy (non-hydrogen) atoms. The zero-order valence-electron chi connectivity index (χ0n) is 10.5. The van der Waals surface area contributed by atoms with Crippen LogP contribution in [0, 0.1) is 6.92 Å². The fourth-order valence-electron chi connectivity index (χ4n) is 1.57. The highest BCUT2D eigenvalue weighted by atomic mass is 79.9. The first-order valence-corrected chi connectivity index (χ1v) is 6.57. The zero-order valence-corrected chi connectivity index (χ0v) is 12.1. The maximum atomic E-state index is 11.9. The lowest BCUT2D eigenvalue weighted by Crippen LogP contribution is -2.24. The van der Waals surface area contributed by atoms with Crippen molar-refractivity contribution in [3.63, 3.8) is 0 Å². The fourth-order valence-corrected chi connectivity index (χ4v) is 1.90. The number of halogens is 1. The van der Waals surface area contributed by atoms with Gasteiger partial charge in [-0.15, -0.1) is 0 Å². The molecule has 5 nitrogen and oxygen atoms in total. The molecule has 0 radical (unpaired) electrons. The second-order valence-corrected chi connectivity index (χ2v) is 4.86. The van der Waals surface area contributed by atoms with Crippen molar-refractivity contribution in [2.45, 2.75) is 13.5 Å². The van der Waals surface area contributed by atoms with Gasteiger partial charge in [0.1, 0.15) is 16.8 Å². The molecule has 0 aliphatic heterocycles. The van der Waals surface area contributed by atoms with E-state index < -0.39 is 0 Å². The fraction of sp³-hybridized carbons (Fsp3) is 0.231. The molecule has 100 valence electrons. The van der Waals surface area contributed by atoms with E-state index in [0.717, 1.165) is 0 Å². The van der Waals surface area contributed by atoms with Crippen molar-refractivity contribution < 1.29 is 4.74 Å². The lowest BCUT2D eigenvalue weighted by Gasteiger charge is -2.09. The lowest BCUT2D eigenvalue weighted by molar-refractivity contribution is 0.295. The van der Waals surface area contributed by atoms with Crippen molar-refractivity contribution in [1.29, 1.82) is 0 Å². The normalized spacial score (nSPS) is 10.4. The summed E-state index contributed by atoms with van der Waals surface area (Å²) in [7, 11) is 0. The summed E-state index contributed by atoms with van der Waals surface area (Å²) in [6.07, 6.45) is 1.52. The van der Waals surface area contributed by atoms with Crippen molar-refractivity contribution in [1.82, 2.24) is 9.55 Å². The van der Waals surface area contributed by atoms with Gasteiger partial charge in [0.2, 0.25) is 0 Å². The number of nitrogens with two attached hydrogens (primary N) is 1. The first-order valence-electron chi connectivity index (χ1n) is 5.78. The third-order valence-electron chi connectivity index (χ3n) is 2.62. The van der Waals surface area contributed by atoms with Crippen LogP contribution in [0.2, 0.25) is 0 Å². The summed E-state index contributed by atoms with van der Waals surface area (Å²) in [5.74, 6) is 0.687. The van der Waals surface area contributed by atoms with Gasteiger partial charge < -0.3 is 10.5 Å². The van der Waals surface area contributed by atoms with Gasteiger partial charge in [0.25, 0.3) is 5.56 Å². The van der Waals surface area contributed by atoms with Gasteiger partial charge in [0, 0.05) is 11.8 Å². The second kappa shape index (κ2) is 5.88. The summed E-state index contributed by atoms with van der Waals surface area (Å²) in [4.78, 5) is 16.0. The van der Waals surface area contributed by atoms with E-state index >= 15 is 0 Å². The van der Waals surface area contributed by atoms with Crippen LogP contribution in [0.25, 0.3) is 0 Å². The highest BCUT2D eigenvalue weighted by molar-refractivity contribution is 9.10. The highest BCUT2D eigenvalue weighted by Gasteiger charge is 2.05. The standard InChI is InChI=1S/C13H14BrN3O2/c1-9-12(14)13(18)17(8-16-9)5-6-19-11-4-2-3-10(15)7-11/h2-4,7-8H,5-6,15H2,1H3. The Morgan fingerprint density at radius 3 is 3.00 bits per heavy atom. The van der Waals surface area contributed by atoms with Gasteiger partial charge in [-0.25, -0.2) is 4.98 Å². The van der Waals surface area contributed by atoms with E-state index in [4.69, 9.17) is 10.5 Å². The van der Waals surface area contributed by atoms with Crippen LogP contribution in [0.3, 0.4) is 0 Å². The van der Waals surface area contributed by atoms with Gasteiger partial charge in [-0.2, -0.15) is 0 Å². The number of ether oxygens (including phenoxy) is 1. The number of aromatic nitrogens is 2. The van der Waals surface area contributed by atoms with E-state index in [1.54, 1.807) is 19.1 Å². The minimum absolute atomic E-state index is 0.108. The smallest absolute Gasteiger partial charge is 0.267 e. The summed E-state index contributed by atoms with van der Waals surface area (Å²) >= 11 is 3.22. The van der Waals surface area contributed by atoms with E-state index in [0.29, 0.717) is 34.8 Å². The summed E-state index contributed by atoms with van der Waals surface area (Å²) < 4.78 is 7.52. The van der Waals surface area contributed by atoms with Crippen LogP contribution in [0.1, 0.15) is 5.69 Å². The van der Waals surface area contributed by atoms with Crippen molar-refractivity contribution in [3.8, 4) is 5.75 Å². The van der Waals surface area contributed by atoms with Gasteiger partial charge in [0.05, 0.1) is 18.6 Å². The van der Waals surface area contributed by atoms with Crippen LogP contribution in [-0.4, -0.2) is 16.2 Å². The number of aryl methyl sites for hydroxylation is 1. The Kier molecular flexibility index (Phi) is 4.21. The van der Waals surface area contributed by atoms with Gasteiger partial charge in [-0.05, 0) is 35.0 Å². The minimum atomic E-state index is -0.108. The Labute approximate surface area is 119 Å². The quantitative estimate of drug-likeness (QED) is 0.873. The Balaban J connectivity index is 2.00. The molecular weight excluding hydrogens is 310 g/mol. The molecule has 2 N–H and O–H groups in total. The minimum Gasteiger partial charge on any atom is -0.492 e. The molecule has 1 aromatic heterocycles. The van der Waals surface area contributed by atoms with Crippen LogP contribution in [0.15, 0.2) is 39.9 Å². The predicted molar refractivity (Wildman–Crippen MR) is 77.3 cm³/mol. The van der Waals surface area contributed by atoms with Crippen molar-refractivity contribution in [2.24, 2.45) is 0 Å². The number of anilines is 1. The van der Waals surface area contributed by atoms with Crippen LogP contribution in [-0.2, 0) is 6.54 Å². The molecule has 2 aromatic rings. The Hall–Kier alpha value is -1.82. The summed E-state index contributed by atoms with van der Waals surface area (Å²) in [5.41, 5.74) is 6.87. The highest BCUT2D eigenvalue weighted by Crippen LogP contribution is 2.14. The summed E-state index contributed by atoms with van der Waals surface area (Å²) in [6, 6.07) is 7.17. The molecule has 1 heterocycles. The van der Waals surface area contributed by atoms with Crippen LogP contribution in [0.5, 0.6) is 5.75 Å². The van der Waals surface area contributed by atoms with E-state index in [1.807, 2.05) is 12.1 Å². The monoisotopic (exact) mass is 323 g/mol. The molecule has 0 fully saturated rings. The van der Waals surface area contributed by atoms with Crippen LogP contribution < -0.4 is 16.0 Å². The van der Waals surface area contributed by atoms with Gasteiger partial charge >= 0.3 is 0 Å². The maximum Gasteiger partial charge on any atom is 0.267 e. The predicted octanol–water partition coefficient (Wildman–Crippen LogP) is 1.98. The van der Waals surface area contributed by atoms with Crippen LogP contribution >= 0.6 is 15.9 Å². The average molecular weight is 324 g/mol. The molecule has 0 spiro atoms. The molecule has 0 aliphatic rings. The number of nitrogens with zero attached hydrogens (tertiary/aromatic N) is 2. The molecule has 0 saturated heterocycles. The number of hydrogen-bond acceptors (Lipinski definition) is 4. The second-order valence-electron chi connectivity index (χ2n) is 4.06. The van der Waals surface area contributed by atoms with Crippen molar-refractivity contribution in [2.75, 3.05) is 12.3 Å². The number of hydrogen-bond donors (Lipinski definition) is 1. The zero-order chi connectivity index (χ0) is 13.8. The van der Waals surface area contributed by atoms with Gasteiger partial charge in [0.15, 0.2) is 0 Å².